The summed E-state index contributed by atoms with van der Waals surface area (Å²) in [6, 6.07) is 18.0. The van der Waals surface area contributed by atoms with E-state index in [9.17, 15) is 9.90 Å². The van der Waals surface area contributed by atoms with Gasteiger partial charge in [-0.1, -0.05) is 48.9 Å². The molecule has 0 fully saturated rings. The number of aryl methyl sites for hydroxylation is 1. The summed E-state index contributed by atoms with van der Waals surface area (Å²) in [5.74, 6) is -0.277. The fraction of sp³-hybridized carbons (Fsp3) is 0.350. The van der Waals surface area contributed by atoms with E-state index in [0.29, 0.717) is 12.8 Å². The van der Waals surface area contributed by atoms with Crippen molar-refractivity contribution in [1.82, 2.24) is 0 Å². The van der Waals surface area contributed by atoms with Crippen molar-refractivity contribution in [3.05, 3.63) is 65.7 Å². The van der Waals surface area contributed by atoms with Gasteiger partial charge in [-0.15, -0.1) is 0 Å². The van der Waals surface area contributed by atoms with Crippen molar-refractivity contribution in [2.75, 3.05) is 7.11 Å². The first-order valence-electron chi connectivity index (χ1n) is 8.08. The molecule has 2 rings (SSSR count). The van der Waals surface area contributed by atoms with Crippen LogP contribution in [-0.2, 0) is 17.6 Å². The Kier molecular flexibility index (Phi) is 6.67. The lowest BCUT2D eigenvalue weighted by Crippen LogP contribution is -2.16. The van der Waals surface area contributed by atoms with Gasteiger partial charge in [0.05, 0.1) is 13.0 Å². The Balaban J connectivity index is 1.82. The molecule has 0 saturated heterocycles. The fourth-order valence-corrected chi connectivity index (χ4v) is 2.76. The van der Waals surface area contributed by atoms with E-state index < -0.39 is 5.97 Å². The predicted octanol–water partition coefficient (Wildman–Crippen LogP) is 4.35. The Morgan fingerprint density at radius 2 is 1.78 bits per heavy atom. The number of carboxylic acid groups (broad SMARTS) is 1. The topological polar surface area (TPSA) is 46.5 Å². The monoisotopic (exact) mass is 312 g/mol. The molecule has 0 spiro atoms. The van der Waals surface area contributed by atoms with Crippen LogP contribution in [0, 0.1) is 5.92 Å². The number of hydrogen-bond donors (Lipinski definition) is 1. The highest BCUT2D eigenvalue weighted by atomic mass is 16.5. The highest BCUT2D eigenvalue weighted by Crippen LogP contribution is 2.20. The van der Waals surface area contributed by atoms with Crippen LogP contribution in [0.5, 0.6) is 5.75 Å². The molecule has 0 bridgehead atoms. The van der Waals surface area contributed by atoms with Gasteiger partial charge in [0.1, 0.15) is 5.75 Å². The van der Waals surface area contributed by atoms with E-state index in [0.717, 1.165) is 30.6 Å². The van der Waals surface area contributed by atoms with Gasteiger partial charge in [0.2, 0.25) is 0 Å². The quantitative estimate of drug-likeness (QED) is 0.700. The summed E-state index contributed by atoms with van der Waals surface area (Å²) in [5.41, 5.74) is 2.33. The van der Waals surface area contributed by atoms with Crippen LogP contribution in [0.4, 0.5) is 0 Å². The summed E-state index contributed by atoms with van der Waals surface area (Å²) >= 11 is 0. The van der Waals surface area contributed by atoms with Crippen molar-refractivity contribution in [2.24, 2.45) is 5.92 Å². The Hall–Kier alpha value is -2.29. The standard InChI is InChI=1S/C20H24O3/c1-23-19-13-7-11-17(15-19)14-18(20(21)22)12-6-5-10-16-8-3-2-4-9-16/h2-4,7-9,11,13,15,18H,5-6,10,12,14H2,1H3,(H,21,22)/t18-/m1/s1. The van der Waals surface area contributed by atoms with E-state index >= 15 is 0 Å². The van der Waals surface area contributed by atoms with Gasteiger partial charge in [0, 0.05) is 0 Å². The second-order valence-electron chi connectivity index (χ2n) is 5.82. The molecule has 0 heterocycles. The lowest BCUT2D eigenvalue weighted by Gasteiger charge is -2.13. The molecule has 0 unspecified atom stereocenters. The minimum atomic E-state index is -0.715. The van der Waals surface area contributed by atoms with Gasteiger partial charge in [-0.05, 0) is 48.9 Å². The first-order valence-corrected chi connectivity index (χ1v) is 8.08. The molecule has 0 aliphatic carbocycles. The van der Waals surface area contributed by atoms with Crippen LogP contribution in [0.3, 0.4) is 0 Å². The maximum atomic E-state index is 11.5. The second-order valence-corrected chi connectivity index (χ2v) is 5.82. The van der Waals surface area contributed by atoms with Crippen molar-refractivity contribution in [3.63, 3.8) is 0 Å². The molecule has 122 valence electrons. The first kappa shape index (κ1) is 17.1. The summed E-state index contributed by atoms with van der Waals surface area (Å²) in [6.07, 6.45) is 4.21. The van der Waals surface area contributed by atoms with E-state index in [1.54, 1.807) is 7.11 Å². The molecule has 0 amide bonds. The zero-order valence-corrected chi connectivity index (χ0v) is 13.6. The van der Waals surface area contributed by atoms with Crippen molar-refractivity contribution >= 4 is 5.97 Å². The number of unbranched alkanes of at least 4 members (excludes halogenated alkanes) is 1. The smallest absolute Gasteiger partial charge is 0.306 e. The number of methoxy groups -OCH3 is 1. The van der Waals surface area contributed by atoms with E-state index in [1.165, 1.54) is 5.56 Å². The molecule has 0 aromatic heterocycles. The lowest BCUT2D eigenvalue weighted by atomic mass is 9.93. The maximum absolute atomic E-state index is 11.5. The van der Waals surface area contributed by atoms with Crippen LogP contribution in [0.2, 0.25) is 0 Å². The summed E-state index contributed by atoms with van der Waals surface area (Å²) in [4.78, 5) is 11.5. The number of aliphatic carboxylic acids is 1. The number of carbonyl (C=O) groups is 1. The Bertz CT molecular complexity index is 607. The number of carboxylic acids is 1. The van der Waals surface area contributed by atoms with Crippen LogP contribution >= 0.6 is 0 Å². The van der Waals surface area contributed by atoms with Crippen LogP contribution < -0.4 is 4.74 Å². The zero-order valence-electron chi connectivity index (χ0n) is 13.6. The summed E-state index contributed by atoms with van der Waals surface area (Å²) in [6.45, 7) is 0. The third-order valence-corrected chi connectivity index (χ3v) is 4.08. The molecule has 3 nitrogen and oxygen atoms in total. The molecule has 2 aromatic rings. The van der Waals surface area contributed by atoms with E-state index in [1.807, 2.05) is 42.5 Å². The van der Waals surface area contributed by atoms with Gasteiger partial charge in [0.15, 0.2) is 0 Å². The minimum Gasteiger partial charge on any atom is -0.497 e. The van der Waals surface area contributed by atoms with E-state index in [2.05, 4.69) is 12.1 Å². The van der Waals surface area contributed by atoms with Crippen LogP contribution in [0.1, 0.15) is 30.4 Å². The maximum Gasteiger partial charge on any atom is 0.306 e. The van der Waals surface area contributed by atoms with Gasteiger partial charge >= 0.3 is 5.97 Å². The minimum absolute atomic E-state index is 0.335. The van der Waals surface area contributed by atoms with E-state index in [4.69, 9.17) is 4.74 Å². The highest BCUT2D eigenvalue weighted by molar-refractivity contribution is 5.70. The SMILES string of the molecule is COc1cccc(C[C@@H](CCCCc2ccccc2)C(=O)O)c1. The molecule has 0 saturated carbocycles. The van der Waals surface area contributed by atoms with Crippen molar-refractivity contribution in [3.8, 4) is 5.75 Å². The van der Waals surface area contributed by atoms with Crippen LogP contribution in [-0.4, -0.2) is 18.2 Å². The molecular formula is C20H24O3. The predicted molar refractivity (Wildman–Crippen MR) is 91.8 cm³/mol. The van der Waals surface area contributed by atoms with Gasteiger partial charge in [-0.2, -0.15) is 0 Å². The van der Waals surface area contributed by atoms with Crippen LogP contribution in [0.25, 0.3) is 0 Å². The molecular weight excluding hydrogens is 288 g/mol. The third-order valence-electron chi connectivity index (χ3n) is 4.08. The third kappa shape index (κ3) is 5.78. The molecule has 0 radical (unpaired) electrons. The van der Waals surface area contributed by atoms with Gasteiger partial charge in [0.25, 0.3) is 0 Å². The molecule has 23 heavy (non-hydrogen) atoms. The molecule has 0 aliphatic heterocycles. The lowest BCUT2D eigenvalue weighted by molar-refractivity contribution is -0.142. The summed E-state index contributed by atoms with van der Waals surface area (Å²) < 4.78 is 5.20. The Morgan fingerprint density at radius 1 is 1.04 bits per heavy atom. The molecule has 0 aliphatic rings. The molecule has 3 heteroatoms. The van der Waals surface area contributed by atoms with Gasteiger partial charge < -0.3 is 9.84 Å². The molecule has 1 atom stereocenters. The van der Waals surface area contributed by atoms with Gasteiger partial charge in [-0.3, -0.25) is 4.79 Å². The summed E-state index contributed by atoms with van der Waals surface area (Å²) in [5, 5.41) is 9.45. The number of ether oxygens (including phenoxy) is 1. The van der Waals surface area contributed by atoms with Crippen LogP contribution in [0.15, 0.2) is 54.6 Å². The van der Waals surface area contributed by atoms with Crippen molar-refractivity contribution < 1.29 is 14.6 Å². The second kappa shape index (κ2) is 8.99. The average molecular weight is 312 g/mol. The zero-order chi connectivity index (χ0) is 16.5. The van der Waals surface area contributed by atoms with Crippen molar-refractivity contribution in [1.29, 1.82) is 0 Å². The highest BCUT2D eigenvalue weighted by Gasteiger charge is 2.17. The largest absolute Gasteiger partial charge is 0.497 e. The van der Waals surface area contributed by atoms with Crippen molar-refractivity contribution in [2.45, 2.75) is 32.1 Å². The fourth-order valence-electron chi connectivity index (χ4n) is 2.76. The normalized spacial score (nSPS) is 11.9. The number of rotatable bonds is 9. The Labute approximate surface area is 137 Å². The average Bonchev–Trinajstić information content (AvgIpc) is 2.58. The molecule has 2 aromatic carbocycles. The number of benzene rings is 2. The first-order chi connectivity index (χ1) is 11.2. The Morgan fingerprint density at radius 3 is 2.48 bits per heavy atom. The van der Waals surface area contributed by atoms with E-state index in [-0.39, 0.29) is 5.92 Å². The molecule has 1 N–H and O–H groups in total. The summed E-state index contributed by atoms with van der Waals surface area (Å²) in [7, 11) is 1.62. The van der Waals surface area contributed by atoms with Gasteiger partial charge in [-0.25, -0.2) is 0 Å². The number of hydrogen-bond acceptors (Lipinski definition) is 2.